The Morgan fingerprint density at radius 3 is 2.00 bits per heavy atom. The lowest BCUT2D eigenvalue weighted by atomic mass is 10.1. The summed E-state index contributed by atoms with van der Waals surface area (Å²) in [7, 11) is 3.33. The summed E-state index contributed by atoms with van der Waals surface area (Å²) in [4.78, 5) is 2.24. The molecule has 0 saturated heterocycles. The molecule has 1 atom stereocenters. The Morgan fingerprint density at radius 1 is 1.14 bits per heavy atom. The van der Waals surface area contributed by atoms with Crippen LogP contribution in [-0.4, -0.2) is 38.5 Å². The predicted molar refractivity (Wildman–Crippen MR) is 59.0 cm³/mol. The van der Waals surface area contributed by atoms with Crippen LogP contribution in [0.1, 0.15) is 20.8 Å². The van der Waals surface area contributed by atoms with Crippen LogP contribution in [0, 0.1) is 5.92 Å². The van der Waals surface area contributed by atoms with Gasteiger partial charge in [0.15, 0.2) is 6.29 Å². The normalized spacial score (nSPS) is 13.9. The molecule has 0 amide bonds. The van der Waals surface area contributed by atoms with E-state index in [0.29, 0.717) is 0 Å². The van der Waals surface area contributed by atoms with E-state index >= 15 is 0 Å². The molecule has 0 saturated carbocycles. The molecule has 0 rings (SSSR count). The van der Waals surface area contributed by atoms with E-state index < -0.39 is 0 Å². The fourth-order valence-corrected chi connectivity index (χ4v) is 1.31. The third-order valence-electron chi connectivity index (χ3n) is 2.31. The molecule has 84 valence electrons. The van der Waals surface area contributed by atoms with Gasteiger partial charge in [-0.1, -0.05) is 13.0 Å². The van der Waals surface area contributed by atoms with Crippen molar-refractivity contribution in [3.8, 4) is 0 Å². The van der Waals surface area contributed by atoms with Gasteiger partial charge in [-0.25, -0.2) is 0 Å². The van der Waals surface area contributed by atoms with E-state index in [1.165, 1.54) is 0 Å². The lowest BCUT2D eigenvalue weighted by molar-refractivity contribution is -0.122. The smallest absolute Gasteiger partial charge is 0.162 e. The first-order valence-corrected chi connectivity index (χ1v) is 5.17. The molecule has 0 fully saturated rings. The molecule has 14 heavy (non-hydrogen) atoms. The van der Waals surface area contributed by atoms with E-state index in [9.17, 15) is 0 Å². The summed E-state index contributed by atoms with van der Waals surface area (Å²) in [6.45, 7) is 8.43. The second-order valence-corrected chi connectivity index (χ2v) is 3.26. The van der Waals surface area contributed by atoms with E-state index in [0.717, 1.165) is 13.1 Å². The van der Waals surface area contributed by atoms with Gasteiger partial charge in [0, 0.05) is 33.2 Å². The summed E-state index contributed by atoms with van der Waals surface area (Å²) in [5.74, 6) is 0.269. The largest absolute Gasteiger partial charge is 0.378 e. The average Bonchev–Trinajstić information content (AvgIpc) is 2.21. The second-order valence-electron chi connectivity index (χ2n) is 3.26. The van der Waals surface area contributed by atoms with E-state index in [-0.39, 0.29) is 12.2 Å². The molecule has 0 bridgehead atoms. The van der Waals surface area contributed by atoms with Crippen LogP contribution in [0.15, 0.2) is 12.3 Å². The summed E-state index contributed by atoms with van der Waals surface area (Å²) in [6, 6.07) is 0. The molecule has 0 aliphatic carbocycles. The van der Waals surface area contributed by atoms with Gasteiger partial charge in [-0.2, -0.15) is 0 Å². The first kappa shape index (κ1) is 13.5. The van der Waals surface area contributed by atoms with Crippen molar-refractivity contribution in [1.82, 2.24) is 4.90 Å². The van der Waals surface area contributed by atoms with Gasteiger partial charge in [0.2, 0.25) is 0 Å². The van der Waals surface area contributed by atoms with E-state index in [1.807, 2.05) is 0 Å². The van der Waals surface area contributed by atoms with Crippen molar-refractivity contribution in [2.45, 2.75) is 27.1 Å². The SMILES string of the molecule is CCN(/C=C/[C@H](C)C(OC)OC)CC. The Balaban J connectivity index is 4.06. The Kier molecular flexibility index (Phi) is 7.52. The highest BCUT2D eigenvalue weighted by molar-refractivity contribution is 4.87. The van der Waals surface area contributed by atoms with Crippen molar-refractivity contribution in [2.24, 2.45) is 5.92 Å². The number of methoxy groups -OCH3 is 2. The summed E-state index contributed by atoms with van der Waals surface area (Å²) in [5.41, 5.74) is 0. The Morgan fingerprint density at radius 2 is 1.64 bits per heavy atom. The van der Waals surface area contributed by atoms with Gasteiger partial charge in [-0.15, -0.1) is 0 Å². The van der Waals surface area contributed by atoms with Gasteiger partial charge in [0.1, 0.15) is 0 Å². The Hall–Kier alpha value is -0.540. The summed E-state index contributed by atoms with van der Waals surface area (Å²) >= 11 is 0. The van der Waals surface area contributed by atoms with Gasteiger partial charge in [-0.05, 0) is 20.0 Å². The number of ether oxygens (including phenoxy) is 2. The van der Waals surface area contributed by atoms with Crippen LogP contribution >= 0.6 is 0 Å². The number of rotatable bonds is 7. The van der Waals surface area contributed by atoms with Crippen molar-refractivity contribution in [3.63, 3.8) is 0 Å². The number of hydrogen-bond donors (Lipinski definition) is 0. The van der Waals surface area contributed by atoms with Crippen molar-refractivity contribution in [3.05, 3.63) is 12.3 Å². The minimum absolute atomic E-state index is 0.151. The molecule has 0 N–H and O–H groups in total. The van der Waals surface area contributed by atoms with Crippen LogP contribution in [0.25, 0.3) is 0 Å². The van der Waals surface area contributed by atoms with Gasteiger partial charge in [0.05, 0.1) is 0 Å². The maximum absolute atomic E-state index is 5.17. The van der Waals surface area contributed by atoms with Gasteiger partial charge >= 0.3 is 0 Å². The molecule has 0 aromatic heterocycles. The van der Waals surface area contributed by atoms with Gasteiger partial charge in [0.25, 0.3) is 0 Å². The van der Waals surface area contributed by atoms with Gasteiger partial charge < -0.3 is 14.4 Å². The van der Waals surface area contributed by atoms with E-state index in [4.69, 9.17) is 9.47 Å². The zero-order chi connectivity index (χ0) is 11.0. The first-order valence-electron chi connectivity index (χ1n) is 5.17. The summed E-state index contributed by atoms with van der Waals surface area (Å²) < 4.78 is 10.3. The molecule has 3 nitrogen and oxygen atoms in total. The highest BCUT2D eigenvalue weighted by Crippen LogP contribution is 2.09. The molecule has 0 aliphatic rings. The lowest BCUT2D eigenvalue weighted by Gasteiger charge is -2.20. The minimum Gasteiger partial charge on any atom is -0.378 e. The van der Waals surface area contributed by atoms with Crippen molar-refractivity contribution >= 4 is 0 Å². The van der Waals surface area contributed by atoms with Crippen LogP contribution < -0.4 is 0 Å². The van der Waals surface area contributed by atoms with Crippen molar-refractivity contribution in [1.29, 1.82) is 0 Å². The number of nitrogens with zero attached hydrogens (tertiary/aromatic N) is 1. The maximum atomic E-state index is 5.17. The van der Waals surface area contributed by atoms with Crippen LogP contribution in [0.2, 0.25) is 0 Å². The molecule has 0 aliphatic heterocycles. The average molecular weight is 201 g/mol. The fraction of sp³-hybridized carbons (Fsp3) is 0.818. The van der Waals surface area contributed by atoms with Crippen LogP contribution in [0.5, 0.6) is 0 Å². The Labute approximate surface area is 87.7 Å². The first-order chi connectivity index (χ1) is 6.69. The zero-order valence-electron chi connectivity index (χ0n) is 9.99. The second kappa shape index (κ2) is 7.83. The predicted octanol–water partition coefficient (Wildman–Crippen LogP) is 2.10. The van der Waals surface area contributed by atoms with E-state index in [1.54, 1.807) is 14.2 Å². The molecule has 0 radical (unpaired) electrons. The molecule has 0 spiro atoms. The van der Waals surface area contributed by atoms with Crippen molar-refractivity contribution < 1.29 is 9.47 Å². The summed E-state index contributed by atoms with van der Waals surface area (Å²) in [6.07, 6.45) is 4.07. The number of hydrogen-bond acceptors (Lipinski definition) is 3. The fourth-order valence-electron chi connectivity index (χ4n) is 1.31. The summed E-state index contributed by atoms with van der Waals surface area (Å²) in [5, 5.41) is 0. The monoisotopic (exact) mass is 201 g/mol. The highest BCUT2D eigenvalue weighted by Gasteiger charge is 2.12. The van der Waals surface area contributed by atoms with Gasteiger partial charge in [-0.3, -0.25) is 0 Å². The van der Waals surface area contributed by atoms with Crippen molar-refractivity contribution in [2.75, 3.05) is 27.3 Å². The Bertz CT molecular complexity index is 151. The lowest BCUT2D eigenvalue weighted by Crippen LogP contribution is -2.22. The minimum atomic E-state index is -0.151. The molecular weight excluding hydrogens is 178 g/mol. The van der Waals surface area contributed by atoms with Crippen LogP contribution in [0.4, 0.5) is 0 Å². The van der Waals surface area contributed by atoms with Crippen LogP contribution in [0.3, 0.4) is 0 Å². The zero-order valence-corrected chi connectivity index (χ0v) is 9.99. The van der Waals surface area contributed by atoms with Crippen LogP contribution in [-0.2, 0) is 9.47 Å². The maximum Gasteiger partial charge on any atom is 0.162 e. The molecule has 0 aromatic rings. The topological polar surface area (TPSA) is 21.7 Å². The molecule has 0 unspecified atom stereocenters. The molecule has 0 heterocycles. The third kappa shape index (κ3) is 4.63. The van der Waals surface area contributed by atoms with E-state index in [2.05, 4.69) is 37.9 Å². The highest BCUT2D eigenvalue weighted by atomic mass is 16.7. The standard InChI is InChI=1S/C11H23NO2/c1-6-12(7-2)9-8-10(3)11(13-4)14-5/h8-11H,6-7H2,1-5H3/b9-8+/t10-/m0/s1. The molecule has 3 heteroatoms. The quantitative estimate of drug-likeness (QED) is 0.589. The molecule has 0 aromatic carbocycles. The molecular formula is C11H23NO2. The third-order valence-corrected chi connectivity index (χ3v) is 2.31.